The van der Waals surface area contributed by atoms with E-state index in [0.717, 1.165) is 0 Å². The second kappa shape index (κ2) is 11.9. The van der Waals surface area contributed by atoms with Crippen LogP contribution in [0.4, 0.5) is 10.1 Å². The number of aliphatic carboxylic acids is 1. The normalized spacial score (nSPS) is 15.8. The first-order valence-corrected chi connectivity index (χ1v) is 11.7. The van der Waals surface area contributed by atoms with Crippen LogP contribution in [0.15, 0.2) is 39.8 Å². The van der Waals surface area contributed by atoms with Gasteiger partial charge in [0.25, 0.3) is 5.91 Å². The van der Waals surface area contributed by atoms with Crippen molar-refractivity contribution < 1.29 is 34.1 Å². The van der Waals surface area contributed by atoms with Crippen LogP contribution < -0.4 is 21.3 Å². The summed E-state index contributed by atoms with van der Waals surface area (Å²) in [7, 11) is 0. The first-order chi connectivity index (χ1) is 17.0. The van der Waals surface area contributed by atoms with Crippen LogP contribution in [0.1, 0.15) is 28.4 Å². The Morgan fingerprint density at radius 1 is 1.22 bits per heavy atom. The summed E-state index contributed by atoms with van der Waals surface area (Å²) in [5.74, 6) is -3.01. The van der Waals surface area contributed by atoms with Gasteiger partial charge in [-0.05, 0) is 24.3 Å². The summed E-state index contributed by atoms with van der Waals surface area (Å²) in [4.78, 5) is 40.4. The molecule has 192 valence electrons. The van der Waals surface area contributed by atoms with Crippen LogP contribution in [0, 0.1) is 0 Å². The van der Waals surface area contributed by atoms with Gasteiger partial charge in [0.2, 0.25) is 5.91 Å². The Bertz CT molecular complexity index is 1210. The quantitative estimate of drug-likeness (QED) is 0.247. The topological polar surface area (TPSA) is 172 Å². The molecule has 3 rings (SSSR count). The Kier molecular flexibility index (Phi) is 8.93. The number of carboxylic acids is 1. The molecule has 0 spiro atoms. The molecule has 14 heteroatoms. The molecule has 0 aromatic heterocycles. The van der Waals surface area contributed by atoms with E-state index in [-0.39, 0.29) is 46.7 Å². The molecule has 1 unspecified atom stereocenters. The zero-order valence-electron chi connectivity index (χ0n) is 18.5. The van der Waals surface area contributed by atoms with Crippen LogP contribution in [0.3, 0.4) is 0 Å². The minimum Gasteiger partial charge on any atom is -0.508 e. The maximum atomic E-state index is 13.2. The van der Waals surface area contributed by atoms with Crippen LogP contribution >= 0.6 is 27.5 Å². The van der Waals surface area contributed by atoms with E-state index < -0.39 is 43.0 Å². The summed E-state index contributed by atoms with van der Waals surface area (Å²) in [6, 6.07) is 5.61. The van der Waals surface area contributed by atoms with Crippen molar-refractivity contribution in [3.8, 4) is 11.5 Å². The standard InChI is InChI=1S/C22H22BrClFN5O6/c23-11-3-15(20(35)16(24)4-11)17(6-19(33)34)30-18(32)9-26-21(36)10-1-13(5-14(31)2-10)29-22-27-7-12(25)8-28-22/h1-5,12,17,31,35H,6-9H2,(H,26,36)(H,30,32)(H,33,34)(H2,27,28,29). The lowest BCUT2D eigenvalue weighted by molar-refractivity contribution is -0.137. The molecule has 0 saturated carbocycles. The maximum Gasteiger partial charge on any atom is 0.305 e. The number of aromatic hydroxyl groups is 2. The van der Waals surface area contributed by atoms with Crippen molar-refractivity contribution in [2.45, 2.75) is 18.6 Å². The number of carbonyl (C=O) groups excluding carboxylic acids is 2. The molecule has 0 aliphatic carbocycles. The number of rotatable bonds is 8. The van der Waals surface area contributed by atoms with Crippen molar-refractivity contribution >= 4 is 57.0 Å². The van der Waals surface area contributed by atoms with Crippen molar-refractivity contribution in [3.63, 3.8) is 0 Å². The molecule has 1 heterocycles. The van der Waals surface area contributed by atoms with Gasteiger partial charge in [-0.3, -0.25) is 14.4 Å². The van der Waals surface area contributed by atoms with Gasteiger partial charge < -0.3 is 36.6 Å². The van der Waals surface area contributed by atoms with E-state index in [0.29, 0.717) is 10.2 Å². The highest BCUT2D eigenvalue weighted by Gasteiger charge is 2.23. The fourth-order valence-corrected chi connectivity index (χ4v) is 4.16. The van der Waals surface area contributed by atoms with E-state index in [9.17, 15) is 34.1 Å². The van der Waals surface area contributed by atoms with E-state index in [4.69, 9.17) is 11.6 Å². The van der Waals surface area contributed by atoms with Crippen molar-refractivity contribution in [3.05, 3.63) is 51.0 Å². The third-order valence-corrected chi connectivity index (χ3v) is 5.68. The predicted molar refractivity (Wildman–Crippen MR) is 133 cm³/mol. The van der Waals surface area contributed by atoms with E-state index in [1.807, 2.05) is 0 Å². The number of nitrogens with one attached hydrogen (secondary N) is 4. The highest BCUT2D eigenvalue weighted by atomic mass is 79.9. The van der Waals surface area contributed by atoms with Gasteiger partial charge >= 0.3 is 5.97 Å². The molecule has 0 radical (unpaired) electrons. The Labute approximate surface area is 217 Å². The lowest BCUT2D eigenvalue weighted by atomic mass is 10.0. The Morgan fingerprint density at radius 2 is 1.97 bits per heavy atom. The molecular weight excluding hydrogens is 565 g/mol. The smallest absolute Gasteiger partial charge is 0.305 e. The molecule has 36 heavy (non-hydrogen) atoms. The number of alkyl halides is 1. The molecule has 11 nitrogen and oxygen atoms in total. The first kappa shape index (κ1) is 27.0. The fourth-order valence-electron chi connectivity index (χ4n) is 3.33. The third kappa shape index (κ3) is 7.46. The number of carbonyl (C=O) groups is 3. The molecule has 1 aliphatic rings. The van der Waals surface area contributed by atoms with Crippen LogP contribution in [-0.4, -0.2) is 64.9 Å². The minimum atomic E-state index is -1.24. The van der Waals surface area contributed by atoms with E-state index in [1.165, 1.54) is 30.3 Å². The molecule has 2 amide bonds. The lowest BCUT2D eigenvalue weighted by Crippen LogP contribution is -2.41. The Balaban J connectivity index is 1.66. The average molecular weight is 587 g/mol. The van der Waals surface area contributed by atoms with Crippen molar-refractivity contribution in [2.24, 2.45) is 4.99 Å². The summed E-state index contributed by atoms with van der Waals surface area (Å²) < 4.78 is 13.7. The van der Waals surface area contributed by atoms with E-state index in [1.54, 1.807) is 0 Å². The summed E-state index contributed by atoms with van der Waals surface area (Å²) in [5.41, 5.74) is 0.402. The van der Waals surface area contributed by atoms with E-state index in [2.05, 4.69) is 42.2 Å². The predicted octanol–water partition coefficient (Wildman–Crippen LogP) is 2.28. The highest BCUT2D eigenvalue weighted by Crippen LogP contribution is 2.36. The summed E-state index contributed by atoms with van der Waals surface area (Å²) in [5, 5.41) is 39.8. The Morgan fingerprint density at radius 3 is 2.64 bits per heavy atom. The molecule has 2 atom stereocenters. The number of anilines is 1. The number of phenols is 2. The number of carboxylic acid groups (broad SMARTS) is 1. The van der Waals surface area contributed by atoms with Crippen LogP contribution in [0.25, 0.3) is 0 Å². The number of guanidine groups is 1. The van der Waals surface area contributed by atoms with Gasteiger partial charge in [0, 0.05) is 27.4 Å². The number of hydrogen-bond acceptors (Lipinski definition) is 8. The highest BCUT2D eigenvalue weighted by molar-refractivity contribution is 9.10. The third-order valence-electron chi connectivity index (χ3n) is 4.94. The van der Waals surface area contributed by atoms with Crippen LogP contribution in [0.5, 0.6) is 11.5 Å². The average Bonchev–Trinajstić information content (AvgIpc) is 2.80. The Hall–Kier alpha value is -3.58. The number of halogens is 3. The number of phenolic OH excluding ortho intramolecular Hbond substituents is 2. The van der Waals surface area contributed by atoms with Gasteiger partial charge in [0.15, 0.2) is 5.96 Å². The molecule has 2 aromatic rings. The largest absolute Gasteiger partial charge is 0.508 e. The summed E-state index contributed by atoms with van der Waals surface area (Å²) in [6.45, 7) is -0.481. The lowest BCUT2D eigenvalue weighted by Gasteiger charge is -2.20. The van der Waals surface area contributed by atoms with Gasteiger partial charge in [-0.25, -0.2) is 9.38 Å². The number of hydrogen-bond donors (Lipinski definition) is 7. The van der Waals surface area contributed by atoms with Gasteiger partial charge in [0.05, 0.1) is 37.1 Å². The van der Waals surface area contributed by atoms with Crippen molar-refractivity contribution in [1.29, 1.82) is 0 Å². The molecular formula is C22H22BrClFN5O6. The zero-order chi connectivity index (χ0) is 26.4. The second-order valence-corrected chi connectivity index (χ2v) is 9.11. The SMILES string of the molecule is O=C(O)CC(NC(=O)CNC(=O)c1cc(O)cc(NC2=NC[C@H](F)CN2)c1)c1cc(Br)cc(Cl)c1O. The van der Waals surface area contributed by atoms with Crippen molar-refractivity contribution in [2.75, 3.05) is 25.0 Å². The van der Waals surface area contributed by atoms with E-state index >= 15 is 0 Å². The molecule has 2 aromatic carbocycles. The maximum absolute atomic E-state index is 13.2. The number of aliphatic imine (C=N–C) groups is 1. The molecule has 7 N–H and O–H groups in total. The van der Waals surface area contributed by atoms with Gasteiger partial charge in [-0.1, -0.05) is 27.5 Å². The monoisotopic (exact) mass is 585 g/mol. The van der Waals surface area contributed by atoms with Crippen LogP contribution in [-0.2, 0) is 9.59 Å². The number of nitrogens with zero attached hydrogens (tertiary/aromatic N) is 1. The minimum absolute atomic E-state index is 0.0172. The molecule has 0 fully saturated rings. The number of benzene rings is 2. The fraction of sp³-hybridized carbons (Fsp3) is 0.273. The second-order valence-electron chi connectivity index (χ2n) is 7.79. The van der Waals surface area contributed by atoms with Crippen LogP contribution in [0.2, 0.25) is 5.02 Å². The summed E-state index contributed by atoms with van der Waals surface area (Å²) in [6.07, 6.45) is -1.66. The molecule has 1 aliphatic heterocycles. The number of amides is 2. The summed E-state index contributed by atoms with van der Waals surface area (Å²) >= 11 is 9.15. The molecule has 0 saturated heterocycles. The van der Waals surface area contributed by atoms with Gasteiger partial charge in [0.1, 0.15) is 17.7 Å². The molecule has 0 bridgehead atoms. The zero-order valence-corrected chi connectivity index (χ0v) is 20.9. The first-order valence-electron chi connectivity index (χ1n) is 10.5. The van der Waals surface area contributed by atoms with Gasteiger partial charge in [-0.15, -0.1) is 0 Å². The van der Waals surface area contributed by atoms with Crippen molar-refractivity contribution in [1.82, 2.24) is 16.0 Å². The van der Waals surface area contributed by atoms with Gasteiger partial charge in [-0.2, -0.15) is 0 Å².